The summed E-state index contributed by atoms with van der Waals surface area (Å²) in [7, 11) is 1.97. The quantitative estimate of drug-likeness (QED) is 0.902. The molecule has 6 heteroatoms. The van der Waals surface area contributed by atoms with Gasteiger partial charge in [0.05, 0.1) is 5.69 Å². The van der Waals surface area contributed by atoms with E-state index >= 15 is 0 Å². The van der Waals surface area contributed by atoms with Crippen LogP contribution in [0.1, 0.15) is 12.8 Å². The van der Waals surface area contributed by atoms with Crippen LogP contribution in [0.3, 0.4) is 0 Å². The number of likely N-dealkylation sites (tertiary alicyclic amines) is 1. The highest BCUT2D eigenvalue weighted by Crippen LogP contribution is 2.33. The van der Waals surface area contributed by atoms with Crippen LogP contribution in [0.5, 0.6) is 0 Å². The van der Waals surface area contributed by atoms with E-state index in [4.69, 9.17) is 0 Å². The van der Waals surface area contributed by atoms with E-state index in [1.165, 1.54) is 41.3 Å². The summed E-state index contributed by atoms with van der Waals surface area (Å²) >= 11 is 0. The molecule has 2 aromatic carbocycles. The normalized spacial score (nSPS) is 17.6. The van der Waals surface area contributed by atoms with Gasteiger partial charge in [-0.1, -0.05) is 12.1 Å². The number of carbonyl (C=O) groups is 1. The number of nitrogens with zero attached hydrogens (tertiary/aromatic N) is 2. The second kappa shape index (κ2) is 7.19. The van der Waals surface area contributed by atoms with E-state index in [2.05, 4.69) is 4.90 Å². The Morgan fingerprint density at radius 3 is 2.64 bits per heavy atom. The zero-order valence-electron chi connectivity index (χ0n) is 14.0. The Balaban J connectivity index is 2.02. The first-order valence-electron chi connectivity index (χ1n) is 8.22. The first-order valence-corrected chi connectivity index (χ1v) is 8.22. The number of hydrogen-bond donors (Lipinski definition) is 1. The highest BCUT2D eigenvalue weighted by Gasteiger charge is 2.28. The summed E-state index contributed by atoms with van der Waals surface area (Å²) in [5.41, 5.74) is 1.17. The van der Waals surface area contributed by atoms with Crippen molar-refractivity contribution in [2.45, 2.75) is 18.9 Å². The molecule has 0 aliphatic carbocycles. The molecule has 0 radical (unpaired) electrons. The number of anilines is 1. The van der Waals surface area contributed by atoms with Crippen molar-refractivity contribution in [2.24, 2.45) is 0 Å². The highest BCUT2D eigenvalue weighted by molar-refractivity contribution is 5.93. The van der Waals surface area contributed by atoms with Crippen LogP contribution in [-0.2, 0) is 0 Å². The molecule has 1 aliphatic heterocycles. The van der Waals surface area contributed by atoms with E-state index in [9.17, 15) is 18.7 Å². The number of carboxylic acid groups (broad SMARTS) is 1. The van der Waals surface area contributed by atoms with Gasteiger partial charge in [0.1, 0.15) is 11.6 Å². The molecule has 0 bridgehead atoms. The lowest BCUT2D eigenvalue weighted by Crippen LogP contribution is -2.41. The minimum absolute atomic E-state index is 0.113. The smallest absolute Gasteiger partial charge is 0.411 e. The maximum absolute atomic E-state index is 13.8. The molecule has 0 aromatic heterocycles. The van der Waals surface area contributed by atoms with Gasteiger partial charge in [0.25, 0.3) is 0 Å². The maximum Gasteiger partial charge on any atom is 0.411 e. The monoisotopic (exact) mass is 346 g/mol. The Morgan fingerprint density at radius 1 is 1.24 bits per heavy atom. The van der Waals surface area contributed by atoms with Gasteiger partial charge in [-0.25, -0.2) is 13.6 Å². The van der Waals surface area contributed by atoms with Crippen molar-refractivity contribution in [3.63, 3.8) is 0 Å². The lowest BCUT2D eigenvalue weighted by molar-refractivity contribution is 0.198. The molecule has 1 saturated heterocycles. The van der Waals surface area contributed by atoms with Crippen LogP contribution >= 0.6 is 0 Å². The summed E-state index contributed by atoms with van der Waals surface area (Å²) < 4.78 is 27.4. The van der Waals surface area contributed by atoms with Crippen molar-refractivity contribution in [1.82, 2.24) is 4.90 Å². The number of amides is 1. The van der Waals surface area contributed by atoms with Crippen molar-refractivity contribution in [3.05, 3.63) is 54.1 Å². The van der Waals surface area contributed by atoms with Crippen LogP contribution in [0, 0.1) is 11.6 Å². The number of hydrogen-bond acceptors (Lipinski definition) is 2. The van der Waals surface area contributed by atoms with E-state index < -0.39 is 17.7 Å². The van der Waals surface area contributed by atoms with Gasteiger partial charge in [-0.15, -0.1) is 0 Å². The van der Waals surface area contributed by atoms with Crippen LogP contribution in [0.25, 0.3) is 11.1 Å². The van der Waals surface area contributed by atoms with Crippen LogP contribution in [0.15, 0.2) is 42.5 Å². The van der Waals surface area contributed by atoms with Gasteiger partial charge >= 0.3 is 6.09 Å². The number of benzene rings is 2. The average molecular weight is 346 g/mol. The van der Waals surface area contributed by atoms with Crippen molar-refractivity contribution in [3.8, 4) is 11.1 Å². The molecule has 1 amide bonds. The molecule has 0 spiro atoms. The molecule has 3 rings (SSSR count). The topological polar surface area (TPSA) is 43.8 Å². The third kappa shape index (κ3) is 3.79. The van der Waals surface area contributed by atoms with Gasteiger partial charge in [0, 0.05) is 18.2 Å². The highest BCUT2D eigenvalue weighted by atomic mass is 19.1. The second-order valence-electron chi connectivity index (χ2n) is 6.34. The van der Waals surface area contributed by atoms with E-state index in [1.807, 2.05) is 7.05 Å². The van der Waals surface area contributed by atoms with Crippen LogP contribution < -0.4 is 4.90 Å². The average Bonchev–Trinajstić information content (AvgIpc) is 2.97. The summed E-state index contributed by atoms with van der Waals surface area (Å²) in [6.45, 7) is 1.22. The van der Waals surface area contributed by atoms with Gasteiger partial charge in [-0.05, 0) is 62.3 Å². The van der Waals surface area contributed by atoms with E-state index in [0.717, 1.165) is 19.4 Å². The zero-order valence-corrected chi connectivity index (χ0v) is 14.0. The lowest BCUT2D eigenvalue weighted by atomic mass is 10.0. The third-order valence-corrected chi connectivity index (χ3v) is 4.68. The van der Waals surface area contributed by atoms with Gasteiger partial charge in [-0.2, -0.15) is 0 Å². The Bertz CT molecular complexity index is 782. The summed E-state index contributed by atoms with van der Waals surface area (Å²) in [5.74, 6) is -0.948. The van der Waals surface area contributed by atoms with Gasteiger partial charge < -0.3 is 10.0 Å². The zero-order chi connectivity index (χ0) is 18.0. The fourth-order valence-corrected chi connectivity index (χ4v) is 3.33. The van der Waals surface area contributed by atoms with E-state index in [-0.39, 0.29) is 6.04 Å². The maximum atomic E-state index is 13.8. The summed E-state index contributed by atoms with van der Waals surface area (Å²) in [6.07, 6.45) is 0.829. The van der Waals surface area contributed by atoms with Crippen molar-refractivity contribution < 1.29 is 18.7 Å². The minimum atomic E-state index is -1.11. The molecule has 0 unspecified atom stereocenters. The summed E-state index contributed by atoms with van der Waals surface area (Å²) in [5, 5.41) is 9.71. The number of likely N-dealkylation sites (N-methyl/N-ethyl adjacent to an activating group) is 1. The number of halogens is 2. The van der Waals surface area contributed by atoms with Crippen molar-refractivity contribution in [1.29, 1.82) is 0 Å². The van der Waals surface area contributed by atoms with Crippen LogP contribution in [0.4, 0.5) is 19.3 Å². The first kappa shape index (κ1) is 17.4. The SMILES string of the molecule is CN1CCC[C@H]1CN(C(=O)O)c1ccc(F)cc1-c1cccc(F)c1. The molecule has 1 atom stereocenters. The fourth-order valence-electron chi connectivity index (χ4n) is 3.33. The van der Waals surface area contributed by atoms with E-state index in [1.54, 1.807) is 6.07 Å². The second-order valence-corrected chi connectivity index (χ2v) is 6.34. The minimum Gasteiger partial charge on any atom is -0.465 e. The fraction of sp³-hybridized carbons (Fsp3) is 0.316. The van der Waals surface area contributed by atoms with Crippen molar-refractivity contribution in [2.75, 3.05) is 25.0 Å². The van der Waals surface area contributed by atoms with Crippen molar-refractivity contribution >= 4 is 11.8 Å². The molecular weight excluding hydrogens is 326 g/mol. The third-order valence-electron chi connectivity index (χ3n) is 4.68. The van der Waals surface area contributed by atoms with Gasteiger partial charge in [-0.3, -0.25) is 4.90 Å². The summed E-state index contributed by atoms with van der Waals surface area (Å²) in [4.78, 5) is 15.2. The Kier molecular flexibility index (Phi) is 4.99. The predicted molar refractivity (Wildman–Crippen MR) is 92.8 cm³/mol. The largest absolute Gasteiger partial charge is 0.465 e. The standard InChI is InChI=1S/C19H20F2N2O2/c1-22-9-3-6-16(22)12-23(19(24)25)18-8-7-15(21)11-17(18)13-4-2-5-14(20)10-13/h2,4-5,7-8,10-11,16H,3,6,9,12H2,1H3,(H,24,25)/t16-/m0/s1. The molecular formula is C19H20F2N2O2. The molecule has 132 valence electrons. The Labute approximate surface area is 145 Å². The summed E-state index contributed by atoms with van der Waals surface area (Å²) in [6, 6.07) is 9.77. The predicted octanol–water partition coefficient (Wildman–Crippen LogP) is 4.21. The van der Waals surface area contributed by atoms with E-state index in [0.29, 0.717) is 23.4 Å². The first-order chi connectivity index (χ1) is 12.0. The molecule has 4 nitrogen and oxygen atoms in total. The Hall–Kier alpha value is -2.47. The molecule has 1 aliphatic rings. The van der Waals surface area contributed by atoms with Crippen LogP contribution in [-0.4, -0.2) is 42.3 Å². The van der Waals surface area contributed by atoms with Gasteiger partial charge in [0.2, 0.25) is 0 Å². The van der Waals surface area contributed by atoms with Gasteiger partial charge in [0.15, 0.2) is 0 Å². The molecule has 1 N–H and O–H groups in total. The number of rotatable bonds is 4. The molecule has 0 saturated carbocycles. The lowest BCUT2D eigenvalue weighted by Gasteiger charge is -2.28. The molecule has 1 heterocycles. The Morgan fingerprint density at radius 2 is 2.00 bits per heavy atom. The molecule has 1 fully saturated rings. The molecule has 2 aromatic rings. The molecule has 25 heavy (non-hydrogen) atoms. The van der Waals surface area contributed by atoms with Crippen LogP contribution in [0.2, 0.25) is 0 Å².